The van der Waals surface area contributed by atoms with Crippen LogP contribution in [0.15, 0.2) is 36.5 Å². The first-order valence-corrected chi connectivity index (χ1v) is 10.2. The van der Waals surface area contributed by atoms with E-state index in [9.17, 15) is 10.1 Å². The Morgan fingerprint density at radius 2 is 2.03 bits per heavy atom. The van der Waals surface area contributed by atoms with Crippen molar-refractivity contribution in [2.75, 3.05) is 30.9 Å². The normalized spacial score (nSPS) is 10.4. The van der Waals surface area contributed by atoms with Crippen molar-refractivity contribution in [2.24, 2.45) is 0 Å². The SMILES string of the molecule is CCNc1cc(C#N)cc2c(NCc3ccc(OC)c(Cl)c3)c(C(=O)OCC)cnc12. The first-order chi connectivity index (χ1) is 15.0. The van der Waals surface area contributed by atoms with E-state index in [4.69, 9.17) is 21.1 Å². The number of anilines is 2. The molecule has 0 amide bonds. The highest BCUT2D eigenvalue weighted by molar-refractivity contribution is 6.32. The van der Waals surface area contributed by atoms with Crippen LogP contribution in [0.25, 0.3) is 10.9 Å². The molecule has 0 aliphatic rings. The van der Waals surface area contributed by atoms with E-state index in [0.717, 1.165) is 11.3 Å². The monoisotopic (exact) mass is 438 g/mol. The molecule has 0 aliphatic heterocycles. The van der Waals surface area contributed by atoms with Crippen LogP contribution in [0.4, 0.5) is 11.4 Å². The molecule has 2 N–H and O–H groups in total. The molecule has 160 valence electrons. The highest BCUT2D eigenvalue weighted by Gasteiger charge is 2.19. The highest BCUT2D eigenvalue weighted by Crippen LogP contribution is 2.33. The van der Waals surface area contributed by atoms with Gasteiger partial charge in [-0.25, -0.2) is 4.79 Å². The summed E-state index contributed by atoms with van der Waals surface area (Å²) in [6.45, 7) is 5.01. The number of pyridine rings is 1. The molecule has 0 atom stereocenters. The summed E-state index contributed by atoms with van der Waals surface area (Å²) in [6, 6.07) is 11.1. The first kappa shape index (κ1) is 22.2. The quantitative estimate of drug-likeness (QED) is 0.478. The molecule has 0 saturated carbocycles. The van der Waals surface area contributed by atoms with Crippen molar-refractivity contribution in [2.45, 2.75) is 20.4 Å². The van der Waals surface area contributed by atoms with Crippen molar-refractivity contribution >= 4 is 39.8 Å². The molecule has 2 aromatic carbocycles. The van der Waals surface area contributed by atoms with Crippen LogP contribution in [0.1, 0.15) is 35.3 Å². The van der Waals surface area contributed by atoms with E-state index in [1.54, 1.807) is 38.3 Å². The van der Waals surface area contributed by atoms with E-state index in [-0.39, 0.29) is 6.61 Å². The molecular weight excluding hydrogens is 416 g/mol. The number of methoxy groups -OCH3 is 1. The molecule has 31 heavy (non-hydrogen) atoms. The van der Waals surface area contributed by atoms with Gasteiger partial charge in [-0.1, -0.05) is 17.7 Å². The summed E-state index contributed by atoms with van der Waals surface area (Å²) in [7, 11) is 1.56. The van der Waals surface area contributed by atoms with E-state index in [2.05, 4.69) is 21.7 Å². The van der Waals surface area contributed by atoms with Crippen molar-refractivity contribution in [3.8, 4) is 11.8 Å². The first-order valence-electron chi connectivity index (χ1n) is 9.86. The molecule has 0 unspecified atom stereocenters. The Bertz CT molecular complexity index is 1160. The number of nitrogens with one attached hydrogen (secondary N) is 2. The maximum Gasteiger partial charge on any atom is 0.341 e. The van der Waals surface area contributed by atoms with Crippen LogP contribution in [0, 0.1) is 11.3 Å². The number of hydrogen-bond donors (Lipinski definition) is 2. The zero-order valence-corrected chi connectivity index (χ0v) is 18.3. The maximum atomic E-state index is 12.6. The second-order valence-corrected chi connectivity index (χ2v) is 7.06. The van der Waals surface area contributed by atoms with E-state index in [0.29, 0.717) is 51.6 Å². The topological polar surface area (TPSA) is 96.3 Å². The van der Waals surface area contributed by atoms with Crippen molar-refractivity contribution < 1.29 is 14.3 Å². The van der Waals surface area contributed by atoms with Crippen LogP contribution >= 0.6 is 11.6 Å². The largest absolute Gasteiger partial charge is 0.495 e. The fourth-order valence-corrected chi connectivity index (χ4v) is 3.54. The lowest BCUT2D eigenvalue weighted by atomic mass is 10.0. The van der Waals surface area contributed by atoms with Crippen LogP contribution in [-0.2, 0) is 11.3 Å². The minimum absolute atomic E-state index is 0.241. The highest BCUT2D eigenvalue weighted by atomic mass is 35.5. The number of halogens is 1. The lowest BCUT2D eigenvalue weighted by Crippen LogP contribution is -2.12. The Labute approximate surface area is 185 Å². The molecule has 0 spiro atoms. The average Bonchev–Trinajstić information content (AvgIpc) is 2.77. The number of carbonyl (C=O) groups excluding carboxylic acids is 1. The lowest BCUT2D eigenvalue weighted by Gasteiger charge is -2.17. The minimum Gasteiger partial charge on any atom is -0.495 e. The summed E-state index contributed by atoms with van der Waals surface area (Å²) in [5.74, 6) is 0.0976. The number of hydrogen-bond acceptors (Lipinski definition) is 7. The fourth-order valence-electron chi connectivity index (χ4n) is 3.26. The zero-order chi connectivity index (χ0) is 22.4. The Morgan fingerprint density at radius 1 is 1.23 bits per heavy atom. The molecule has 0 bridgehead atoms. The van der Waals surface area contributed by atoms with Gasteiger partial charge in [0, 0.05) is 24.7 Å². The molecule has 7 nitrogen and oxygen atoms in total. The zero-order valence-electron chi connectivity index (χ0n) is 17.6. The molecule has 3 rings (SSSR count). The van der Waals surface area contributed by atoms with Crippen LogP contribution in [0.5, 0.6) is 5.75 Å². The van der Waals surface area contributed by atoms with Crippen LogP contribution in [-0.4, -0.2) is 31.2 Å². The molecule has 1 heterocycles. The number of esters is 1. The van der Waals surface area contributed by atoms with Crippen molar-refractivity contribution in [1.82, 2.24) is 4.98 Å². The molecule has 0 aliphatic carbocycles. The summed E-state index contributed by atoms with van der Waals surface area (Å²) in [5.41, 5.74) is 3.58. The number of benzene rings is 2. The standard InChI is InChI=1S/C23H23ClN4O3/c1-4-26-19-10-15(11-25)8-16-21(17(13-28-22(16)19)23(29)31-5-2)27-12-14-6-7-20(30-3)18(24)9-14/h6-10,13,26H,4-5,12H2,1-3H3,(H,27,28). The molecule has 8 heteroatoms. The van der Waals surface area contributed by atoms with Crippen LogP contribution < -0.4 is 15.4 Å². The third-order valence-corrected chi connectivity index (χ3v) is 4.94. The Kier molecular flexibility index (Phi) is 7.16. The van der Waals surface area contributed by atoms with Crippen LogP contribution in [0.3, 0.4) is 0 Å². The van der Waals surface area contributed by atoms with Gasteiger partial charge in [-0.15, -0.1) is 0 Å². The summed E-state index contributed by atoms with van der Waals surface area (Å²) in [6.07, 6.45) is 1.50. The predicted octanol–water partition coefficient (Wildman–Crippen LogP) is 4.99. The minimum atomic E-state index is -0.487. The van der Waals surface area contributed by atoms with E-state index in [1.807, 2.05) is 13.0 Å². The molecule has 0 radical (unpaired) electrons. The van der Waals surface area contributed by atoms with Gasteiger partial charge >= 0.3 is 5.97 Å². The summed E-state index contributed by atoms with van der Waals surface area (Å²) >= 11 is 6.24. The molecule has 3 aromatic rings. The van der Waals surface area contributed by atoms with Crippen molar-refractivity contribution in [1.29, 1.82) is 5.26 Å². The summed E-state index contributed by atoms with van der Waals surface area (Å²) in [4.78, 5) is 17.1. The number of fused-ring (bicyclic) bond motifs is 1. The third-order valence-electron chi connectivity index (χ3n) is 4.65. The van der Waals surface area contributed by atoms with Gasteiger partial charge in [-0.2, -0.15) is 5.26 Å². The molecule has 0 fully saturated rings. The van der Waals surface area contributed by atoms with Gasteiger partial charge in [-0.3, -0.25) is 4.98 Å². The van der Waals surface area contributed by atoms with Gasteiger partial charge in [-0.05, 0) is 43.7 Å². The smallest absolute Gasteiger partial charge is 0.341 e. The van der Waals surface area contributed by atoms with Gasteiger partial charge in [0.1, 0.15) is 11.3 Å². The summed E-state index contributed by atoms with van der Waals surface area (Å²) < 4.78 is 10.4. The van der Waals surface area contributed by atoms with Crippen LogP contribution in [0.2, 0.25) is 5.02 Å². The van der Waals surface area contributed by atoms with Gasteiger partial charge < -0.3 is 20.1 Å². The number of nitriles is 1. The number of aromatic nitrogens is 1. The van der Waals surface area contributed by atoms with Crippen molar-refractivity contribution in [3.63, 3.8) is 0 Å². The van der Waals surface area contributed by atoms with E-state index < -0.39 is 5.97 Å². The van der Waals surface area contributed by atoms with E-state index in [1.165, 1.54) is 6.20 Å². The van der Waals surface area contributed by atoms with Crippen molar-refractivity contribution in [3.05, 3.63) is 58.2 Å². The number of nitrogens with zero attached hydrogens (tertiary/aromatic N) is 2. The summed E-state index contributed by atoms with van der Waals surface area (Å²) in [5, 5.41) is 17.2. The van der Waals surface area contributed by atoms with Gasteiger partial charge in [0.2, 0.25) is 0 Å². The predicted molar refractivity (Wildman–Crippen MR) is 122 cm³/mol. The van der Waals surface area contributed by atoms with E-state index >= 15 is 0 Å². The second kappa shape index (κ2) is 10.0. The second-order valence-electron chi connectivity index (χ2n) is 6.65. The van der Waals surface area contributed by atoms with Gasteiger partial charge in [0.15, 0.2) is 0 Å². The fraction of sp³-hybridized carbons (Fsp3) is 0.261. The van der Waals surface area contributed by atoms with Gasteiger partial charge in [0.25, 0.3) is 0 Å². The Morgan fingerprint density at radius 3 is 2.68 bits per heavy atom. The number of rotatable bonds is 8. The number of carbonyl (C=O) groups is 1. The third kappa shape index (κ3) is 4.81. The molecule has 0 saturated heterocycles. The Balaban J connectivity index is 2.11. The Hall–Kier alpha value is -3.50. The maximum absolute atomic E-state index is 12.6. The lowest BCUT2D eigenvalue weighted by molar-refractivity contribution is 0.0527. The number of ether oxygens (including phenoxy) is 2. The molecular formula is C23H23ClN4O3. The molecule has 1 aromatic heterocycles. The average molecular weight is 439 g/mol. The van der Waals surface area contributed by atoms with Gasteiger partial charge in [0.05, 0.1) is 47.3 Å².